The number of anilines is 1. The number of halogens is 1. The molecular weight excluding hydrogens is 624 g/mol. The summed E-state index contributed by atoms with van der Waals surface area (Å²) >= 11 is 3.51. The third-order valence-corrected chi connectivity index (χ3v) is 9.83. The summed E-state index contributed by atoms with van der Waals surface area (Å²) in [6.07, 6.45) is 3.80. The summed E-state index contributed by atoms with van der Waals surface area (Å²) in [7, 11) is 1.55. The molecule has 1 amide bonds. The number of nitrogens with zero attached hydrogens (tertiary/aromatic N) is 1. The predicted octanol–water partition coefficient (Wildman–Crippen LogP) is 6.17. The molecule has 4 heterocycles. The number of Topliss-reactive ketones (excluding diaryl/α,β-unsaturated/α-hetero) is 2. The quantitative estimate of drug-likeness (QED) is 0.259. The number of carbonyl (C=O) groups excluding carboxylic acids is 3. The molecule has 4 aliphatic heterocycles. The average Bonchev–Trinajstić information content (AvgIpc) is 3.73. The monoisotopic (exact) mass is 648 g/mol. The first-order chi connectivity index (χ1) is 21.4. The van der Waals surface area contributed by atoms with E-state index >= 15 is 4.79 Å². The first-order valence-electron chi connectivity index (χ1n) is 14.2. The van der Waals surface area contributed by atoms with Crippen molar-refractivity contribution >= 4 is 45.2 Å². The summed E-state index contributed by atoms with van der Waals surface area (Å²) in [5.41, 5.74) is 2.43. The van der Waals surface area contributed by atoms with E-state index in [1.54, 1.807) is 43.5 Å². The van der Waals surface area contributed by atoms with Gasteiger partial charge in [0.2, 0.25) is 12.7 Å². The summed E-state index contributed by atoms with van der Waals surface area (Å²) in [6, 6.07) is 23.8. The zero-order valence-corrected chi connectivity index (χ0v) is 25.0. The van der Waals surface area contributed by atoms with Gasteiger partial charge in [-0.25, -0.2) is 0 Å². The van der Waals surface area contributed by atoms with E-state index in [9.17, 15) is 9.59 Å². The van der Waals surface area contributed by atoms with E-state index in [4.69, 9.17) is 14.2 Å². The van der Waals surface area contributed by atoms with Crippen molar-refractivity contribution in [1.82, 2.24) is 4.90 Å². The number of rotatable bonds is 5. The van der Waals surface area contributed by atoms with E-state index in [1.807, 2.05) is 65.7 Å². The van der Waals surface area contributed by atoms with Gasteiger partial charge in [-0.2, -0.15) is 0 Å². The number of carbonyl (C=O) groups is 3. The zero-order valence-electron chi connectivity index (χ0n) is 23.5. The van der Waals surface area contributed by atoms with Crippen molar-refractivity contribution in [3.05, 3.63) is 123 Å². The van der Waals surface area contributed by atoms with Gasteiger partial charge in [-0.1, -0.05) is 42.5 Å². The molecule has 0 aliphatic carbocycles. The second-order valence-corrected chi connectivity index (χ2v) is 12.1. The smallest absolute Gasteiger partial charge is 0.238 e. The fraction of sp³-hybridized carbons (Fsp3) is 0.171. The van der Waals surface area contributed by atoms with Crippen molar-refractivity contribution in [2.75, 3.05) is 19.2 Å². The fourth-order valence-corrected chi connectivity index (χ4v) is 7.93. The largest absolute Gasteiger partial charge is 0.496 e. The van der Waals surface area contributed by atoms with Gasteiger partial charge in [0.05, 0.1) is 23.5 Å². The van der Waals surface area contributed by atoms with Crippen molar-refractivity contribution in [3.8, 4) is 17.2 Å². The lowest BCUT2D eigenvalue weighted by Gasteiger charge is -2.38. The number of ether oxygens (including phenoxy) is 3. The van der Waals surface area contributed by atoms with E-state index in [1.165, 1.54) is 0 Å². The molecule has 0 saturated carbocycles. The molecule has 1 saturated heterocycles. The van der Waals surface area contributed by atoms with Crippen molar-refractivity contribution in [2.24, 2.45) is 5.92 Å². The molecule has 9 heteroatoms. The number of ketones is 2. The number of para-hydroxylation sites is 1. The van der Waals surface area contributed by atoms with Crippen LogP contribution in [0.1, 0.15) is 43.4 Å². The van der Waals surface area contributed by atoms with Crippen molar-refractivity contribution in [2.45, 2.75) is 17.5 Å². The van der Waals surface area contributed by atoms with E-state index in [-0.39, 0.29) is 24.3 Å². The molecule has 1 spiro atoms. The Morgan fingerprint density at radius 1 is 0.932 bits per heavy atom. The van der Waals surface area contributed by atoms with Gasteiger partial charge in [0, 0.05) is 23.0 Å². The molecule has 218 valence electrons. The van der Waals surface area contributed by atoms with Crippen LogP contribution in [0, 0.1) is 5.92 Å². The normalized spacial score (nSPS) is 23.6. The highest BCUT2D eigenvalue weighted by molar-refractivity contribution is 9.10. The van der Waals surface area contributed by atoms with Gasteiger partial charge in [0.15, 0.2) is 23.1 Å². The minimum atomic E-state index is -1.42. The van der Waals surface area contributed by atoms with Crippen molar-refractivity contribution in [1.29, 1.82) is 0 Å². The highest BCUT2D eigenvalue weighted by Crippen LogP contribution is 2.62. The van der Waals surface area contributed by atoms with Crippen LogP contribution in [0.4, 0.5) is 5.69 Å². The zero-order chi connectivity index (χ0) is 30.2. The minimum Gasteiger partial charge on any atom is -0.496 e. The maximum Gasteiger partial charge on any atom is 0.238 e. The lowest BCUT2D eigenvalue weighted by molar-refractivity contribution is -0.122. The molecule has 44 heavy (non-hydrogen) atoms. The molecule has 8 rings (SSSR count). The van der Waals surface area contributed by atoms with Gasteiger partial charge in [-0.05, 0) is 81.2 Å². The SMILES string of the molecule is COc1ccc(C(=O)[C@H]2[C@@H](C(=O)c3ccc4c(c3)OCO4)[C@]3(C(=O)Nc4ccccc43)[C@H]3c4ccccc4C=CN23)cc1Br. The molecule has 0 aromatic heterocycles. The van der Waals surface area contributed by atoms with Crippen LogP contribution in [-0.4, -0.2) is 42.3 Å². The number of fused-ring (bicyclic) bond motifs is 7. The summed E-state index contributed by atoms with van der Waals surface area (Å²) in [5.74, 6) is -0.464. The highest BCUT2D eigenvalue weighted by Gasteiger charge is 2.70. The molecule has 4 aromatic carbocycles. The number of hydrogen-bond acceptors (Lipinski definition) is 7. The van der Waals surface area contributed by atoms with Gasteiger partial charge in [-0.3, -0.25) is 14.4 Å². The molecule has 4 atom stereocenters. The lowest BCUT2D eigenvalue weighted by atomic mass is 9.62. The van der Waals surface area contributed by atoms with Crippen LogP contribution in [0.5, 0.6) is 17.2 Å². The maximum absolute atomic E-state index is 15.0. The van der Waals surface area contributed by atoms with Crippen LogP contribution in [0.25, 0.3) is 6.08 Å². The maximum atomic E-state index is 15.0. The molecule has 4 aromatic rings. The third kappa shape index (κ3) is 3.59. The number of amides is 1. The standard InChI is InChI=1S/C35H25BrN2O6/c1-42-26-12-10-20(16-24(26)36)32(40)30-29(31(39)21-11-13-27-28(17-21)44-18-43-27)35(23-8-4-5-9-25(23)37-34(35)41)33-22-7-3-2-6-19(22)14-15-38(30)33/h2-17,29-30,33H,18H2,1H3,(H,37,41)/t29-,30+,33+,35-/m0/s1. The average molecular weight is 649 g/mol. The number of nitrogens with one attached hydrogen (secondary N) is 1. The van der Waals surface area contributed by atoms with Crippen LogP contribution < -0.4 is 19.5 Å². The summed E-state index contributed by atoms with van der Waals surface area (Å²) in [4.78, 5) is 46.3. The molecule has 0 unspecified atom stereocenters. The van der Waals surface area contributed by atoms with Gasteiger partial charge < -0.3 is 24.4 Å². The Hall–Kier alpha value is -4.89. The second kappa shape index (κ2) is 9.82. The van der Waals surface area contributed by atoms with E-state index in [2.05, 4.69) is 21.2 Å². The number of benzene rings is 4. The summed E-state index contributed by atoms with van der Waals surface area (Å²) in [6.45, 7) is 0.0566. The van der Waals surface area contributed by atoms with Crippen LogP contribution in [-0.2, 0) is 10.2 Å². The number of methoxy groups -OCH3 is 1. The van der Waals surface area contributed by atoms with E-state index < -0.39 is 23.4 Å². The molecule has 4 aliphatic rings. The molecule has 1 N–H and O–H groups in total. The van der Waals surface area contributed by atoms with Crippen LogP contribution >= 0.6 is 15.9 Å². The van der Waals surface area contributed by atoms with Crippen LogP contribution in [0.2, 0.25) is 0 Å². The third-order valence-electron chi connectivity index (χ3n) is 9.21. The molecule has 1 fully saturated rings. The molecule has 8 nitrogen and oxygen atoms in total. The Balaban J connectivity index is 1.40. The predicted molar refractivity (Wildman–Crippen MR) is 166 cm³/mol. The Morgan fingerprint density at radius 2 is 1.68 bits per heavy atom. The topological polar surface area (TPSA) is 94.2 Å². The first kappa shape index (κ1) is 26.7. The van der Waals surface area contributed by atoms with Gasteiger partial charge in [-0.15, -0.1) is 0 Å². The van der Waals surface area contributed by atoms with Gasteiger partial charge in [0.1, 0.15) is 17.2 Å². The van der Waals surface area contributed by atoms with Gasteiger partial charge >= 0.3 is 0 Å². The van der Waals surface area contributed by atoms with Crippen molar-refractivity contribution in [3.63, 3.8) is 0 Å². The molecule has 0 radical (unpaired) electrons. The molecular formula is C35H25BrN2O6. The molecule has 0 bridgehead atoms. The number of hydrogen-bond donors (Lipinski definition) is 1. The fourth-order valence-electron chi connectivity index (χ4n) is 7.39. The Bertz CT molecular complexity index is 1940. The Kier molecular flexibility index (Phi) is 5.96. The highest BCUT2D eigenvalue weighted by atomic mass is 79.9. The summed E-state index contributed by atoms with van der Waals surface area (Å²) in [5, 5.41) is 3.07. The minimum absolute atomic E-state index is 0.0566. The Morgan fingerprint density at radius 3 is 2.52 bits per heavy atom. The van der Waals surface area contributed by atoms with E-state index in [0.29, 0.717) is 44.1 Å². The Labute approximate surface area is 261 Å². The van der Waals surface area contributed by atoms with Crippen LogP contribution in [0.15, 0.2) is 95.6 Å². The first-order valence-corrected chi connectivity index (χ1v) is 15.0. The lowest BCUT2D eigenvalue weighted by Crippen LogP contribution is -2.49. The van der Waals surface area contributed by atoms with E-state index in [0.717, 1.165) is 11.1 Å². The van der Waals surface area contributed by atoms with Gasteiger partial charge in [0.25, 0.3) is 0 Å². The second-order valence-electron chi connectivity index (χ2n) is 11.2. The van der Waals surface area contributed by atoms with Crippen LogP contribution in [0.3, 0.4) is 0 Å². The van der Waals surface area contributed by atoms with Crippen molar-refractivity contribution < 1.29 is 28.6 Å². The summed E-state index contributed by atoms with van der Waals surface area (Å²) < 4.78 is 17.1.